The molecule has 0 spiro atoms. The van der Waals surface area contributed by atoms with Crippen molar-refractivity contribution in [3.63, 3.8) is 0 Å². The molecule has 0 bridgehead atoms. The molecule has 0 fully saturated rings. The Morgan fingerprint density at radius 3 is 2.42 bits per heavy atom. The Morgan fingerprint density at radius 1 is 0.842 bits per heavy atom. The summed E-state index contributed by atoms with van der Waals surface area (Å²) >= 11 is 0. The Hall–Kier alpha value is -1.82. The Labute approximate surface area is 115 Å². The zero-order chi connectivity index (χ0) is 13.4. The smallest absolute Gasteiger partial charge is 0.0100 e. The maximum absolute atomic E-state index is 2.37. The zero-order valence-corrected chi connectivity index (χ0v) is 11.9. The van der Waals surface area contributed by atoms with Gasteiger partial charge in [-0.05, 0) is 46.4 Å². The second-order valence-electron chi connectivity index (χ2n) is 5.90. The lowest BCUT2D eigenvalue weighted by Crippen LogP contribution is -1.96. The first kappa shape index (κ1) is 12.2. The van der Waals surface area contributed by atoms with Crippen LogP contribution in [0.2, 0.25) is 0 Å². The average Bonchev–Trinajstić information content (AvgIpc) is 2.38. The highest BCUT2D eigenvalue weighted by atomic mass is 14.1. The zero-order valence-electron chi connectivity index (χ0n) is 11.9. The van der Waals surface area contributed by atoms with Gasteiger partial charge in [0.1, 0.15) is 0 Å². The monoisotopic (exact) mass is 248 g/mol. The summed E-state index contributed by atoms with van der Waals surface area (Å²) in [5.41, 5.74) is 2.81. The third kappa shape index (κ3) is 2.23. The molecule has 0 heterocycles. The molecule has 0 aliphatic heterocycles. The molecule has 0 nitrogen and oxygen atoms in total. The maximum atomic E-state index is 2.37. The summed E-state index contributed by atoms with van der Waals surface area (Å²) in [6.45, 7) is 6.74. The van der Waals surface area contributed by atoms with Crippen molar-refractivity contribution in [1.82, 2.24) is 0 Å². The van der Waals surface area contributed by atoms with E-state index in [1.54, 1.807) is 0 Å². The van der Waals surface area contributed by atoms with Crippen LogP contribution in [0.25, 0.3) is 21.5 Å². The van der Waals surface area contributed by atoms with Crippen LogP contribution in [-0.4, -0.2) is 0 Å². The Bertz CT molecular complexity index is 735. The molecule has 19 heavy (non-hydrogen) atoms. The van der Waals surface area contributed by atoms with E-state index in [4.69, 9.17) is 0 Å². The van der Waals surface area contributed by atoms with Crippen molar-refractivity contribution < 1.29 is 0 Å². The van der Waals surface area contributed by atoms with Gasteiger partial charge in [-0.25, -0.2) is 0 Å². The number of fused-ring (bicyclic) bond motifs is 3. The topological polar surface area (TPSA) is 0 Å². The van der Waals surface area contributed by atoms with Crippen LogP contribution in [0.4, 0.5) is 0 Å². The lowest BCUT2D eigenvalue weighted by Gasteiger charge is -2.13. The van der Waals surface area contributed by atoms with Gasteiger partial charge >= 0.3 is 0 Å². The summed E-state index contributed by atoms with van der Waals surface area (Å²) < 4.78 is 0. The lowest BCUT2D eigenvalue weighted by atomic mass is 9.92. The maximum Gasteiger partial charge on any atom is -0.0100 e. The first-order valence-electron chi connectivity index (χ1n) is 7.06. The minimum Gasteiger partial charge on any atom is -0.0625 e. The van der Waals surface area contributed by atoms with Gasteiger partial charge in [0, 0.05) is 0 Å². The molecule has 3 aromatic rings. The van der Waals surface area contributed by atoms with E-state index in [2.05, 4.69) is 69.3 Å². The van der Waals surface area contributed by atoms with E-state index in [1.165, 1.54) is 32.7 Å². The van der Waals surface area contributed by atoms with Crippen LogP contribution in [0.15, 0.2) is 48.5 Å². The fraction of sp³-hybridized carbons (Fsp3) is 0.263. The van der Waals surface area contributed by atoms with Gasteiger partial charge in [0.25, 0.3) is 0 Å². The molecule has 0 atom stereocenters. The summed E-state index contributed by atoms with van der Waals surface area (Å²) in [6, 6.07) is 17.9. The van der Waals surface area contributed by atoms with E-state index < -0.39 is 0 Å². The number of hydrogen-bond acceptors (Lipinski definition) is 0. The SMILES string of the molecule is Cc1ccc2c(CC(C)C)cc3ccccc3c2c1. The van der Waals surface area contributed by atoms with Gasteiger partial charge in [-0.3, -0.25) is 0 Å². The van der Waals surface area contributed by atoms with Crippen molar-refractivity contribution in [2.24, 2.45) is 5.92 Å². The minimum absolute atomic E-state index is 0.686. The largest absolute Gasteiger partial charge is 0.0625 e. The second-order valence-corrected chi connectivity index (χ2v) is 5.90. The molecule has 0 aliphatic rings. The van der Waals surface area contributed by atoms with Crippen LogP contribution in [0.1, 0.15) is 25.0 Å². The Morgan fingerprint density at radius 2 is 1.63 bits per heavy atom. The number of aryl methyl sites for hydroxylation is 1. The third-order valence-electron chi connectivity index (χ3n) is 3.73. The average molecular weight is 248 g/mol. The van der Waals surface area contributed by atoms with Crippen LogP contribution < -0.4 is 0 Å². The predicted molar refractivity (Wildman–Crippen MR) is 84.7 cm³/mol. The van der Waals surface area contributed by atoms with Gasteiger partial charge in [0.2, 0.25) is 0 Å². The van der Waals surface area contributed by atoms with E-state index in [0.29, 0.717) is 5.92 Å². The fourth-order valence-electron chi connectivity index (χ4n) is 2.90. The second kappa shape index (κ2) is 4.70. The molecule has 0 saturated carbocycles. The number of hydrogen-bond donors (Lipinski definition) is 0. The van der Waals surface area contributed by atoms with Crippen molar-refractivity contribution in [3.05, 3.63) is 59.7 Å². The van der Waals surface area contributed by atoms with Crippen LogP contribution in [0.5, 0.6) is 0 Å². The molecule has 3 rings (SSSR count). The van der Waals surface area contributed by atoms with Crippen molar-refractivity contribution in [2.75, 3.05) is 0 Å². The van der Waals surface area contributed by atoms with Gasteiger partial charge in [0.05, 0.1) is 0 Å². The van der Waals surface area contributed by atoms with Crippen molar-refractivity contribution >= 4 is 21.5 Å². The molecule has 0 heteroatoms. The molecule has 0 unspecified atom stereocenters. The van der Waals surface area contributed by atoms with E-state index in [9.17, 15) is 0 Å². The van der Waals surface area contributed by atoms with Gasteiger partial charge in [-0.2, -0.15) is 0 Å². The Balaban J connectivity index is 2.41. The lowest BCUT2D eigenvalue weighted by molar-refractivity contribution is 0.650. The summed E-state index contributed by atoms with van der Waals surface area (Å²) in [5.74, 6) is 0.686. The van der Waals surface area contributed by atoms with Gasteiger partial charge in [-0.1, -0.05) is 67.9 Å². The van der Waals surface area contributed by atoms with Gasteiger partial charge in [-0.15, -0.1) is 0 Å². The third-order valence-corrected chi connectivity index (χ3v) is 3.73. The van der Waals surface area contributed by atoms with Crippen LogP contribution in [-0.2, 0) is 6.42 Å². The summed E-state index contributed by atoms with van der Waals surface area (Å²) in [7, 11) is 0. The van der Waals surface area contributed by atoms with E-state index in [0.717, 1.165) is 6.42 Å². The first-order valence-corrected chi connectivity index (χ1v) is 7.06. The van der Waals surface area contributed by atoms with E-state index in [-0.39, 0.29) is 0 Å². The van der Waals surface area contributed by atoms with Gasteiger partial charge < -0.3 is 0 Å². The quantitative estimate of drug-likeness (QED) is 0.525. The molecular formula is C19H20. The van der Waals surface area contributed by atoms with Gasteiger partial charge in [0.15, 0.2) is 0 Å². The van der Waals surface area contributed by atoms with Crippen LogP contribution in [0.3, 0.4) is 0 Å². The number of rotatable bonds is 2. The van der Waals surface area contributed by atoms with E-state index in [1.807, 2.05) is 0 Å². The molecule has 0 saturated heterocycles. The standard InChI is InChI=1S/C19H20/c1-13(2)10-16-12-15-6-4-5-7-17(15)19-11-14(3)8-9-18(16)19/h4-9,11-13H,10H2,1-3H3. The molecule has 3 aromatic carbocycles. The fourth-order valence-corrected chi connectivity index (χ4v) is 2.90. The van der Waals surface area contributed by atoms with Crippen LogP contribution >= 0.6 is 0 Å². The molecule has 0 aromatic heterocycles. The summed E-state index contributed by atoms with van der Waals surface area (Å²) in [6.07, 6.45) is 1.14. The van der Waals surface area contributed by atoms with Crippen molar-refractivity contribution in [2.45, 2.75) is 27.2 Å². The summed E-state index contributed by atoms with van der Waals surface area (Å²) in [4.78, 5) is 0. The minimum atomic E-state index is 0.686. The Kier molecular flexibility index (Phi) is 3.02. The highest BCUT2D eigenvalue weighted by Crippen LogP contribution is 2.30. The normalized spacial score (nSPS) is 11.6. The summed E-state index contributed by atoms with van der Waals surface area (Å²) in [5, 5.41) is 5.54. The van der Waals surface area contributed by atoms with E-state index >= 15 is 0 Å². The molecular weight excluding hydrogens is 228 g/mol. The first-order chi connectivity index (χ1) is 9.15. The van der Waals surface area contributed by atoms with Crippen molar-refractivity contribution in [3.8, 4) is 0 Å². The highest BCUT2D eigenvalue weighted by molar-refractivity contribution is 6.09. The molecule has 0 amide bonds. The van der Waals surface area contributed by atoms with Crippen LogP contribution in [0, 0.1) is 12.8 Å². The highest BCUT2D eigenvalue weighted by Gasteiger charge is 2.08. The molecule has 0 N–H and O–H groups in total. The molecule has 96 valence electrons. The number of benzene rings is 3. The molecule has 0 aliphatic carbocycles. The van der Waals surface area contributed by atoms with Crippen molar-refractivity contribution in [1.29, 1.82) is 0 Å². The molecule has 0 radical (unpaired) electrons. The predicted octanol–water partition coefficient (Wildman–Crippen LogP) is 5.50.